The first kappa shape index (κ1) is 14.6. The maximum atomic E-state index is 11.6. The molecule has 0 aliphatic heterocycles. The van der Waals surface area contributed by atoms with Crippen LogP contribution in [-0.4, -0.2) is 35.4 Å². The van der Waals surface area contributed by atoms with Crippen LogP contribution in [0.25, 0.3) is 11.1 Å². The maximum absolute atomic E-state index is 11.6. The lowest BCUT2D eigenvalue weighted by Crippen LogP contribution is -2.20. The summed E-state index contributed by atoms with van der Waals surface area (Å²) in [5.41, 5.74) is 1.51. The van der Waals surface area contributed by atoms with Crippen molar-refractivity contribution in [2.75, 3.05) is 25.6 Å². The van der Waals surface area contributed by atoms with Gasteiger partial charge in [0.25, 0.3) is 5.56 Å². The molecule has 2 aromatic heterocycles. The number of hydrogen-bond acceptors (Lipinski definition) is 4. The predicted molar refractivity (Wildman–Crippen MR) is 80.4 cm³/mol. The summed E-state index contributed by atoms with van der Waals surface area (Å²) in [6, 6.07) is 5.00. The number of hydrogen-bond donors (Lipinski definition) is 1. The van der Waals surface area contributed by atoms with Gasteiger partial charge in [-0.15, -0.1) is 0 Å². The second-order valence-electron chi connectivity index (χ2n) is 4.60. The van der Waals surface area contributed by atoms with Gasteiger partial charge in [-0.2, -0.15) is 0 Å². The summed E-state index contributed by atoms with van der Waals surface area (Å²) in [5.74, 6) is 0.694. The van der Waals surface area contributed by atoms with E-state index in [2.05, 4.69) is 4.98 Å². The first-order valence-electron chi connectivity index (χ1n) is 6.17. The Bertz CT molecular complexity index is 668. The zero-order valence-corrected chi connectivity index (χ0v) is 12.1. The highest BCUT2D eigenvalue weighted by atomic mass is 35.5. The molecule has 0 aliphatic carbocycles. The number of rotatable bonds is 4. The predicted octanol–water partition coefficient (Wildman–Crippen LogP) is 1.62. The molecule has 0 aromatic carbocycles. The van der Waals surface area contributed by atoms with Gasteiger partial charge in [-0.05, 0) is 17.7 Å². The highest BCUT2D eigenvalue weighted by Crippen LogP contribution is 2.27. The van der Waals surface area contributed by atoms with Crippen LogP contribution in [0.15, 0.2) is 35.4 Å². The number of anilines is 1. The van der Waals surface area contributed by atoms with Crippen LogP contribution in [-0.2, 0) is 6.54 Å². The van der Waals surface area contributed by atoms with Crippen LogP contribution in [0.4, 0.5) is 5.82 Å². The SMILES string of the molecule is CN(C)c1ncc(-c2ccc(=O)n(CCO)c2)cc1Cl. The summed E-state index contributed by atoms with van der Waals surface area (Å²) in [6.45, 7) is 0.186. The van der Waals surface area contributed by atoms with Crippen molar-refractivity contribution in [1.29, 1.82) is 0 Å². The van der Waals surface area contributed by atoms with Gasteiger partial charge in [0.15, 0.2) is 0 Å². The first-order valence-corrected chi connectivity index (χ1v) is 6.55. The molecule has 0 aliphatic rings. The molecule has 0 saturated carbocycles. The lowest BCUT2D eigenvalue weighted by atomic mass is 10.1. The molecule has 2 rings (SSSR count). The van der Waals surface area contributed by atoms with Gasteiger partial charge < -0.3 is 14.6 Å². The third kappa shape index (κ3) is 3.00. The Morgan fingerprint density at radius 3 is 2.70 bits per heavy atom. The molecule has 0 saturated heterocycles. The summed E-state index contributed by atoms with van der Waals surface area (Å²) < 4.78 is 1.46. The molecule has 0 unspecified atom stereocenters. The molecule has 106 valence electrons. The van der Waals surface area contributed by atoms with Crippen molar-refractivity contribution in [3.8, 4) is 11.1 Å². The maximum Gasteiger partial charge on any atom is 0.250 e. The fourth-order valence-corrected chi connectivity index (χ4v) is 2.24. The van der Waals surface area contributed by atoms with E-state index in [1.165, 1.54) is 10.6 Å². The molecule has 6 heteroatoms. The second-order valence-corrected chi connectivity index (χ2v) is 5.00. The van der Waals surface area contributed by atoms with Crippen molar-refractivity contribution < 1.29 is 5.11 Å². The average Bonchev–Trinajstić information content (AvgIpc) is 2.41. The fraction of sp³-hybridized carbons (Fsp3) is 0.286. The van der Waals surface area contributed by atoms with Crippen molar-refractivity contribution in [3.63, 3.8) is 0 Å². The van der Waals surface area contributed by atoms with Gasteiger partial charge in [0.2, 0.25) is 0 Å². The van der Waals surface area contributed by atoms with Crippen LogP contribution in [0, 0.1) is 0 Å². The molecule has 20 heavy (non-hydrogen) atoms. The third-order valence-electron chi connectivity index (χ3n) is 2.90. The Labute approximate surface area is 122 Å². The standard InChI is InChI=1S/C14H16ClN3O2/c1-17(2)14-12(15)7-11(8-16-14)10-3-4-13(20)18(9-10)5-6-19/h3-4,7-9,19H,5-6H2,1-2H3. The number of aromatic nitrogens is 2. The number of halogens is 1. The van der Waals surface area contributed by atoms with E-state index in [1.807, 2.05) is 25.1 Å². The Balaban J connectivity index is 2.44. The Morgan fingerprint density at radius 1 is 1.35 bits per heavy atom. The van der Waals surface area contributed by atoms with Gasteiger partial charge in [0.1, 0.15) is 5.82 Å². The van der Waals surface area contributed by atoms with Crippen LogP contribution in [0.2, 0.25) is 5.02 Å². The van der Waals surface area contributed by atoms with Crippen LogP contribution < -0.4 is 10.5 Å². The molecular formula is C14H16ClN3O2. The van der Waals surface area contributed by atoms with Crippen molar-refractivity contribution >= 4 is 17.4 Å². The molecule has 0 amide bonds. The molecule has 1 N–H and O–H groups in total. The van der Waals surface area contributed by atoms with Crippen LogP contribution in [0.1, 0.15) is 0 Å². The van der Waals surface area contributed by atoms with E-state index < -0.39 is 0 Å². The average molecular weight is 294 g/mol. The number of aliphatic hydroxyl groups is 1. The summed E-state index contributed by atoms with van der Waals surface area (Å²) >= 11 is 6.19. The molecule has 2 heterocycles. The molecule has 0 radical (unpaired) electrons. The molecule has 2 aromatic rings. The summed E-state index contributed by atoms with van der Waals surface area (Å²) in [6.07, 6.45) is 3.41. The van der Waals surface area contributed by atoms with E-state index in [0.717, 1.165) is 11.1 Å². The smallest absolute Gasteiger partial charge is 0.250 e. The molecular weight excluding hydrogens is 278 g/mol. The van der Waals surface area contributed by atoms with E-state index in [4.69, 9.17) is 16.7 Å². The Kier molecular flexibility index (Phi) is 4.42. The molecule has 0 bridgehead atoms. The normalized spacial score (nSPS) is 10.6. The zero-order valence-electron chi connectivity index (χ0n) is 11.4. The van der Waals surface area contributed by atoms with Gasteiger partial charge in [0.05, 0.1) is 11.6 Å². The number of nitrogens with zero attached hydrogens (tertiary/aromatic N) is 3. The highest BCUT2D eigenvalue weighted by molar-refractivity contribution is 6.33. The third-order valence-corrected chi connectivity index (χ3v) is 3.18. The largest absolute Gasteiger partial charge is 0.395 e. The van der Waals surface area contributed by atoms with Crippen LogP contribution in [0.5, 0.6) is 0 Å². The highest BCUT2D eigenvalue weighted by Gasteiger charge is 2.08. The van der Waals surface area contributed by atoms with E-state index in [1.54, 1.807) is 18.5 Å². The topological polar surface area (TPSA) is 58.4 Å². The quantitative estimate of drug-likeness (QED) is 0.931. The number of aliphatic hydroxyl groups excluding tert-OH is 1. The van der Waals surface area contributed by atoms with E-state index in [0.29, 0.717) is 10.8 Å². The van der Waals surface area contributed by atoms with E-state index in [-0.39, 0.29) is 18.7 Å². The van der Waals surface area contributed by atoms with Gasteiger partial charge in [-0.1, -0.05) is 11.6 Å². The second kappa shape index (κ2) is 6.07. The van der Waals surface area contributed by atoms with Gasteiger partial charge in [0, 0.05) is 44.7 Å². The summed E-state index contributed by atoms with van der Waals surface area (Å²) in [7, 11) is 3.74. The summed E-state index contributed by atoms with van der Waals surface area (Å²) in [4.78, 5) is 17.7. The molecule has 5 nitrogen and oxygen atoms in total. The minimum Gasteiger partial charge on any atom is -0.395 e. The van der Waals surface area contributed by atoms with E-state index in [9.17, 15) is 4.79 Å². The minimum absolute atomic E-state index is 0.0814. The Hall–Kier alpha value is -1.85. The minimum atomic E-state index is -0.147. The van der Waals surface area contributed by atoms with Crippen LogP contribution in [0.3, 0.4) is 0 Å². The van der Waals surface area contributed by atoms with Crippen molar-refractivity contribution in [1.82, 2.24) is 9.55 Å². The Morgan fingerprint density at radius 2 is 2.10 bits per heavy atom. The lowest BCUT2D eigenvalue weighted by Gasteiger charge is -2.14. The van der Waals surface area contributed by atoms with Gasteiger partial charge in [-0.3, -0.25) is 4.79 Å². The van der Waals surface area contributed by atoms with Crippen molar-refractivity contribution in [2.24, 2.45) is 0 Å². The van der Waals surface area contributed by atoms with Gasteiger partial charge >= 0.3 is 0 Å². The first-order chi connectivity index (χ1) is 9.52. The van der Waals surface area contributed by atoms with Crippen LogP contribution >= 0.6 is 11.6 Å². The zero-order chi connectivity index (χ0) is 14.7. The molecule has 0 fully saturated rings. The number of pyridine rings is 2. The summed E-state index contributed by atoms with van der Waals surface area (Å²) in [5, 5.41) is 9.50. The van der Waals surface area contributed by atoms with E-state index >= 15 is 0 Å². The van der Waals surface area contributed by atoms with Crippen molar-refractivity contribution in [2.45, 2.75) is 6.54 Å². The van der Waals surface area contributed by atoms with Gasteiger partial charge in [-0.25, -0.2) is 4.98 Å². The molecule has 0 spiro atoms. The lowest BCUT2D eigenvalue weighted by molar-refractivity contribution is 0.274. The molecule has 0 atom stereocenters. The monoisotopic (exact) mass is 293 g/mol. The van der Waals surface area contributed by atoms with Crippen molar-refractivity contribution in [3.05, 3.63) is 46.0 Å². The fourth-order valence-electron chi connectivity index (χ4n) is 1.90.